The maximum absolute atomic E-state index is 12.2. The Bertz CT molecular complexity index is 985. The third-order valence-electron chi connectivity index (χ3n) is 4.46. The minimum atomic E-state index is -0.283. The number of carbonyl (C=O) groups is 2. The van der Waals surface area contributed by atoms with Crippen molar-refractivity contribution in [3.8, 4) is 5.75 Å². The van der Waals surface area contributed by atoms with Gasteiger partial charge in [-0.3, -0.25) is 14.9 Å². The van der Waals surface area contributed by atoms with Gasteiger partial charge < -0.3 is 14.5 Å². The van der Waals surface area contributed by atoms with Crippen molar-refractivity contribution in [2.75, 3.05) is 11.9 Å². The number of nitrogens with one attached hydrogen (secondary N) is 2. The second kappa shape index (κ2) is 7.85. The maximum Gasteiger partial charge on any atom is 0.260 e. The Balaban J connectivity index is 1.25. The van der Waals surface area contributed by atoms with E-state index in [1.807, 2.05) is 24.3 Å². The number of fused-ring (bicyclic) bond motifs is 1. The molecule has 2 amide bonds. The number of amides is 2. The summed E-state index contributed by atoms with van der Waals surface area (Å²) in [4.78, 5) is 28.7. The number of hydrogen-bond acceptors (Lipinski definition) is 6. The van der Waals surface area contributed by atoms with Crippen LogP contribution in [0.2, 0.25) is 0 Å². The Kier molecular flexibility index (Phi) is 5.12. The van der Waals surface area contributed by atoms with Gasteiger partial charge in [-0.25, -0.2) is 4.98 Å². The summed E-state index contributed by atoms with van der Waals surface area (Å²) in [7, 11) is 0. The van der Waals surface area contributed by atoms with Gasteiger partial charge in [-0.15, -0.1) is 11.3 Å². The highest BCUT2D eigenvalue weighted by atomic mass is 32.1. The first kappa shape index (κ1) is 18.2. The SMILES string of the molecule is Cc1occc1C(=O)Nc1nc(CC(=O)NC[C@H]2Cc3ccccc3O2)cs1. The zero-order chi connectivity index (χ0) is 19.5. The minimum Gasteiger partial charge on any atom is -0.488 e. The molecule has 2 N–H and O–H groups in total. The van der Waals surface area contributed by atoms with Crippen LogP contribution in [0.1, 0.15) is 27.4 Å². The molecule has 0 aliphatic carbocycles. The van der Waals surface area contributed by atoms with Crippen molar-refractivity contribution < 1.29 is 18.7 Å². The molecule has 28 heavy (non-hydrogen) atoms. The standard InChI is InChI=1S/C20H19N3O4S/c1-12-16(6-7-26-12)19(25)23-20-22-14(11-28-20)9-18(24)21-10-15-8-13-4-2-3-5-17(13)27-15/h2-7,11,15H,8-10H2,1H3,(H,21,24)(H,22,23,25)/t15-/m1/s1. The summed E-state index contributed by atoms with van der Waals surface area (Å²) in [6.07, 6.45) is 2.35. The fourth-order valence-corrected chi connectivity index (χ4v) is 3.76. The number of aryl methyl sites for hydroxylation is 1. The molecule has 1 aliphatic heterocycles. The molecule has 1 atom stereocenters. The lowest BCUT2D eigenvalue weighted by Crippen LogP contribution is -2.35. The van der Waals surface area contributed by atoms with E-state index in [1.165, 1.54) is 17.6 Å². The van der Waals surface area contributed by atoms with E-state index in [0.29, 0.717) is 28.7 Å². The lowest BCUT2D eigenvalue weighted by Gasteiger charge is -2.11. The van der Waals surface area contributed by atoms with Gasteiger partial charge in [-0.05, 0) is 24.6 Å². The summed E-state index contributed by atoms with van der Waals surface area (Å²) in [6.45, 7) is 2.17. The highest BCUT2D eigenvalue weighted by Gasteiger charge is 2.22. The third-order valence-corrected chi connectivity index (χ3v) is 5.26. The van der Waals surface area contributed by atoms with Crippen molar-refractivity contribution >= 4 is 28.3 Å². The van der Waals surface area contributed by atoms with E-state index in [-0.39, 0.29) is 24.3 Å². The number of anilines is 1. The molecule has 3 heterocycles. The average molecular weight is 397 g/mol. The van der Waals surface area contributed by atoms with Crippen LogP contribution in [0.25, 0.3) is 0 Å². The van der Waals surface area contributed by atoms with Crippen LogP contribution in [0, 0.1) is 6.92 Å². The summed E-state index contributed by atoms with van der Waals surface area (Å²) in [6, 6.07) is 9.50. The second-order valence-electron chi connectivity index (χ2n) is 6.52. The minimum absolute atomic E-state index is 0.0511. The average Bonchev–Trinajstić information content (AvgIpc) is 3.39. The predicted molar refractivity (Wildman–Crippen MR) is 105 cm³/mol. The summed E-state index contributed by atoms with van der Waals surface area (Å²) in [5.41, 5.74) is 2.24. The fraction of sp³-hybridized carbons (Fsp3) is 0.250. The lowest BCUT2D eigenvalue weighted by molar-refractivity contribution is -0.120. The van der Waals surface area contributed by atoms with Gasteiger partial charge in [0.2, 0.25) is 5.91 Å². The van der Waals surface area contributed by atoms with Gasteiger partial charge in [0, 0.05) is 11.8 Å². The molecular weight excluding hydrogens is 378 g/mol. The zero-order valence-corrected chi connectivity index (χ0v) is 16.0. The van der Waals surface area contributed by atoms with E-state index >= 15 is 0 Å². The molecule has 1 aromatic carbocycles. The van der Waals surface area contributed by atoms with Gasteiger partial charge >= 0.3 is 0 Å². The van der Waals surface area contributed by atoms with Crippen molar-refractivity contribution in [2.45, 2.75) is 25.9 Å². The number of rotatable bonds is 6. The van der Waals surface area contributed by atoms with Crippen molar-refractivity contribution in [3.63, 3.8) is 0 Å². The molecule has 0 saturated heterocycles. The zero-order valence-electron chi connectivity index (χ0n) is 15.2. The molecule has 0 saturated carbocycles. The number of ether oxygens (including phenoxy) is 1. The summed E-state index contributed by atoms with van der Waals surface area (Å²) in [5, 5.41) is 7.82. The quantitative estimate of drug-likeness (QED) is 0.667. The van der Waals surface area contributed by atoms with Crippen molar-refractivity contribution in [1.82, 2.24) is 10.3 Å². The Morgan fingerprint density at radius 2 is 2.14 bits per heavy atom. The molecule has 7 nitrogen and oxygen atoms in total. The molecule has 2 aromatic heterocycles. The molecule has 8 heteroatoms. The normalized spacial score (nSPS) is 15.0. The number of carbonyl (C=O) groups excluding carboxylic acids is 2. The molecule has 4 rings (SSSR count). The van der Waals surface area contributed by atoms with Crippen molar-refractivity contribution in [3.05, 3.63) is 64.6 Å². The molecule has 0 radical (unpaired) electrons. The number of nitrogens with zero attached hydrogens (tertiary/aromatic N) is 1. The molecule has 3 aromatic rings. The Hall–Kier alpha value is -3.13. The number of aromatic nitrogens is 1. The van der Waals surface area contributed by atoms with Gasteiger partial charge in [0.1, 0.15) is 17.6 Å². The number of para-hydroxylation sites is 1. The highest BCUT2D eigenvalue weighted by Crippen LogP contribution is 2.27. The number of thiazole rings is 1. The Labute approximate surface area is 165 Å². The van der Waals surface area contributed by atoms with Gasteiger partial charge in [0.05, 0.1) is 30.5 Å². The van der Waals surface area contributed by atoms with Crippen LogP contribution in [-0.4, -0.2) is 29.4 Å². The number of furan rings is 1. The molecular formula is C20H19N3O4S. The number of hydrogen-bond donors (Lipinski definition) is 2. The molecule has 0 bridgehead atoms. The molecule has 0 fully saturated rings. The van der Waals surface area contributed by atoms with Crippen LogP contribution in [0.5, 0.6) is 5.75 Å². The van der Waals surface area contributed by atoms with E-state index in [2.05, 4.69) is 15.6 Å². The van der Waals surface area contributed by atoms with Crippen LogP contribution in [-0.2, 0) is 17.6 Å². The van der Waals surface area contributed by atoms with Gasteiger partial charge in [0.25, 0.3) is 5.91 Å². The van der Waals surface area contributed by atoms with E-state index in [0.717, 1.165) is 17.7 Å². The molecule has 0 spiro atoms. The molecule has 144 valence electrons. The first-order valence-electron chi connectivity index (χ1n) is 8.89. The summed E-state index contributed by atoms with van der Waals surface area (Å²) >= 11 is 1.28. The predicted octanol–water partition coefficient (Wildman–Crippen LogP) is 2.96. The first-order chi connectivity index (χ1) is 13.6. The van der Waals surface area contributed by atoms with E-state index in [1.54, 1.807) is 18.4 Å². The van der Waals surface area contributed by atoms with Crippen LogP contribution in [0.4, 0.5) is 5.13 Å². The summed E-state index contributed by atoms with van der Waals surface area (Å²) < 4.78 is 10.9. The maximum atomic E-state index is 12.2. The first-order valence-corrected chi connectivity index (χ1v) is 9.77. The Morgan fingerprint density at radius 1 is 1.29 bits per heavy atom. The van der Waals surface area contributed by atoms with E-state index in [4.69, 9.17) is 9.15 Å². The van der Waals surface area contributed by atoms with Gasteiger partial charge in [0.15, 0.2) is 5.13 Å². The molecule has 0 unspecified atom stereocenters. The summed E-state index contributed by atoms with van der Waals surface area (Å²) in [5.74, 6) is 1.02. The van der Waals surface area contributed by atoms with E-state index in [9.17, 15) is 9.59 Å². The van der Waals surface area contributed by atoms with Crippen LogP contribution >= 0.6 is 11.3 Å². The van der Waals surface area contributed by atoms with Crippen molar-refractivity contribution in [1.29, 1.82) is 0 Å². The van der Waals surface area contributed by atoms with Gasteiger partial charge in [-0.2, -0.15) is 0 Å². The smallest absolute Gasteiger partial charge is 0.260 e. The highest BCUT2D eigenvalue weighted by molar-refractivity contribution is 7.14. The largest absolute Gasteiger partial charge is 0.488 e. The van der Waals surface area contributed by atoms with E-state index < -0.39 is 0 Å². The second-order valence-corrected chi connectivity index (χ2v) is 7.38. The molecule has 1 aliphatic rings. The van der Waals surface area contributed by atoms with Crippen molar-refractivity contribution in [2.24, 2.45) is 0 Å². The van der Waals surface area contributed by atoms with Crippen LogP contribution < -0.4 is 15.4 Å². The topological polar surface area (TPSA) is 93.5 Å². The van der Waals surface area contributed by atoms with Crippen LogP contribution in [0.3, 0.4) is 0 Å². The number of benzene rings is 1. The Morgan fingerprint density at radius 3 is 2.93 bits per heavy atom. The monoisotopic (exact) mass is 397 g/mol. The van der Waals surface area contributed by atoms with Gasteiger partial charge in [-0.1, -0.05) is 18.2 Å². The van der Waals surface area contributed by atoms with Crippen LogP contribution in [0.15, 0.2) is 46.4 Å². The lowest BCUT2D eigenvalue weighted by atomic mass is 10.1. The third kappa shape index (κ3) is 4.07. The fourth-order valence-electron chi connectivity index (χ4n) is 3.05.